The van der Waals surface area contributed by atoms with Crippen molar-refractivity contribution in [2.75, 3.05) is 52.7 Å². The molecule has 0 radical (unpaired) electrons. The highest BCUT2D eigenvalue weighted by Crippen LogP contribution is 2.22. The van der Waals surface area contributed by atoms with Gasteiger partial charge >= 0.3 is 0 Å². The lowest BCUT2D eigenvalue weighted by Gasteiger charge is -2.30. The van der Waals surface area contributed by atoms with Crippen LogP contribution in [0.2, 0.25) is 0 Å². The van der Waals surface area contributed by atoms with Crippen LogP contribution in [0.4, 0.5) is 0 Å². The third-order valence-electron chi connectivity index (χ3n) is 5.61. The van der Waals surface area contributed by atoms with E-state index in [1.54, 1.807) is 0 Å². The molecule has 1 atom stereocenters. The zero-order chi connectivity index (χ0) is 27.1. The minimum atomic E-state index is -0.749. The molecule has 0 aliphatic carbocycles. The second kappa shape index (κ2) is 16.1. The van der Waals surface area contributed by atoms with Gasteiger partial charge in [0.25, 0.3) is 5.91 Å². The molecule has 4 N–H and O–H groups in total. The highest BCUT2D eigenvalue weighted by molar-refractivity contribution is 6.06. The Morgan fingerprint density at radius 3 is 2.38 bits per heavy atom. The SMILES string of the molecule is C=CCCCn1nc(C(=O)N[C@H](C(=O)NCCOCCOCCOCCN)C(C)(C)C)c2ccccc21. The molecule has 0 saturated carbocycles. The maximum Gasteiger partial charge on any atom is 0.273 e. The first-order valence-corrected chi connectivity index (χ1v) is 12.9. The summed E-state index contributed by atoms with van der Waals surface area (Å²) in [6.07, 6.45) is 3.61. The molecular formula is C27H43N5O5. The smallest absolute Gasteiger partial charge is 0.273 e. The Morgan fingerprint density at radius 1 is 1.08 bits per heavy atom. The van der Waals surface area contributed by atoms with Gasteiger partial charge in [0.15, 0.2) is 5.69 Å². The van der Waals surface area contributed by atoms with Crippen molar-refractivity contribution in [2.24, 2.45) is 11.1 Å². The number of ether oxygens (including phenoxy) is 3. The van der Waals surface area contributed by atoms with Crippen LogP contribution in [0.25, 0.3) is 10.9 Å². The van der Waals surface area contributed by atoms with Gasteiger partial charge in [-0.05, 0) is 24.3 Å². The van der Waals surface area contributed by atoms with Crippen LogP contribution in [0, 0.1) is 5.41 Å². The summed E-state index contributed by atoms with van der Waals surface area (Å²) in [5.41, 5.74) is 6.04. The Labute approximate surface area is 219 Å². The van der Waals surface area contributed by atoms with Crippen LogP contribution in [-0.2, 0) is 25.5 Å². The Hall–Kier alpha value is -2.79. The van der Waals surface area contributed by atoms with Gasteiger partial charge < -0.3 is 30.6 Å². The molecule has 0 aliphatic heterocycles. The predicted octanol–water partition coefficient (Wildman–Crippen LogP) is 2.27. The third kappa shape index (κ3) is 10.2. The summed E-state index contributed by atoms with van der Waals surface area (Å²) in [4.78, 5) is 26.3. The summed E-state index contributed by atoms with van der Waals surface area (Å²) in [6.45, 7) is 13.7. The quantitative estimate of drug-likeness (QED) is 0.204. The third-order valence-corrected chi connectivity index (χ3v) is 5.61. The molecule has 0 bridgehead atoms. The summed E-state index contributed by atoms with van der Waals surface area (Å²) in [5, 5.41) is 11.1. The van der Waals surface area contributed by atoms with Crippen LogP contribution >= 0.6 is 0 Å². The molecule has 1 aromatic carbocycles. The van der Waals surface area contributed by atoms with Gasteiger partial charge in [0.1, 0.15) is 6.04 Å². The van der Waals surface area contributed by atoms with Crippen LogP contribution in [-0.4, -0.2) is 80.4 Å². The van der Waals surface area contributed by atoms with Gasteiger partial charge in [0.05, 0.1) is 45.2 Å². The fourth-order valence-corrected chi connectivity index (χ4v) is 3.70. The first-order valence-electron chi connectivity index (χ1n) is 12.9. The molecule has 2 aromatic rings. The number of nitrogens with two attached hydrogens (primary N) is 1. The average Bonchev–Trinajstić information content (AvgIpc) is 3.24. The van der Waals surface area contributed by atoms with E-state index >= 15 is 0 Å². The van der Waals surface area contributed by atoms with Crippen molar-refractivity contribution in [2.45, 2.75) is 46.2 Å². The van der Waals surface area contributed by atoms with E-state index in [0.29, 0.717) is 65.0 Å². The molecule has 1 aromatic heterocycles. The molecule has 37 heavy (non-hydrogen) atoms. The lowest BCUT2D eigenvalue weighted by molar-refractivity contribution is -0.125. The molecule has 10 nitrogen and oxygen atoms in total. The number of allylic oxidation sites excluding steroid dienone is 1. The minimum Gasteiger partial charge on any atom is -0.378 e. The number of para-hydroxylation sites is 1. The van der Waals surface area contributed by atoms with E-state index in [9.17, 15) is 9.59 Å². The number of nitrogens with zero attached hydrogens (tertiary/aromatic N) is 2. The molecule has 0 saturated heterocycles. The number of rotatable bonds is 18. The molecule has 206 valence electrons. The van der Waals surface area contributed by atoms with Gasteiger partial charge in [-0.1, -0.05) is 45.0 Å². The number of aromatic nitrogens is 2. The van der Waals surface area contributed by atoms with E-state index in [1.165, 1.54) is 0 Å². The number of nitrogens with one attached hydrogen (secondary N) is 2. The molecule has 2 amide bonds. The van der Waals surface area contributed by atoms with Crippen molar-refractivity contribution in [3.05, 3.63) is 42.6 Å². The molecule has 1 heterocycles. The Morgan fingerprint density at radius 2 is 1.73 bits per heavy atom. The zero-order valence-electron chi connectivity index (χ0n) is 22.5. The molecular weight excluding hydrogens is 474 g/mol. The second-order valence-electron chi connectivity index (χ2n) is 9.71. The number of hydrogen-bond acceptors (Lipinski definition) is 7. The fraction of sp³-hybridized carbons (Fsp3) is 0.593. The Balaban J connectivity index is 1.88. The van der Waals surface area contributed by atoms with Gasteiger partial charge in [0, 0.05) is 25.0 Å². The number of unbranched alkanes of at least 4 members (excludes halogenated alkanes) is 1. The summed E-state index contributed by atoms with van der Waals surface area (Å²) >= 11 is 0. The number of carbonyl (C=O) groups excluding carboxylic acids is 2. The van der Waals surface area contributed by atoms with Crippen LogP contribution in [0.3, 0.4) is 0 Å². The first-order chi connectivity index (χ1) is 17.8. The Kier molecular flexibility index (Phi) is 13.3. The van der Waals surface area contributed by atoms with E-state index in [0.717, 1.165) is 23.7 Å². The van der Waals surface area contributed by atoms with Crippen molar-refractivity contribution in [1.82, 2.24) is 20.4 Å². The van der Waals surface area contributed by atoms with E-state index in [1.807, 2.05) is 55.8 Å². The maximum atomic E-state index is 13.3. The van der Waals surface area contributed by atoms with Gasteiger partial charge in [-0.15, -0.1) is 6.58 Å². The van der Waals surface area contributed by atoms with E-state index in [2.05, 4.69) is 22.3 Å². The maximum absolute atomic E-state index is 13.3. The summed E-state index contributed by atoms with van der Waals surface area (Å²) in [7, 11) is 0. The van der Waals surface area contributed by atoms with E-state index < -0.39 is 11.5 Å². The predicted molar refractivity (Wildman–Crippen MR) is 144 cm³/mol. The van der Waals surface area contributed by atoms with Crippen LogP contribution in [0.5, 0.6) is 0 Å². The number of fused-ring (bicyclic) bond motifs is 1. The number of hydrogen-bond donors (Lipinski definition) is 3. The standard InChI is InChI=1S/C27H43N5O5/c1-5-6-9-14-32-22-11-8-7-10-21(22)23(31-32)25(33)30-24(27(2,3)4)26(34)29-13-16-36-18-20-37-19-17-35-15-12-28/h5,7-8,10-11,24H,1,6,9,12-20,28H2,2-4H3,(H,29,34)(H,30,33)/t24-/m1/s1. The highest BCUT2D eigenvalue weighted by atomic mass is 16.5. The topological polar surface area (TPSA) is 130 Å². The molecule has 0 spiro atoms. The van der Waals surface area contributed by atoms with Gasteiger partial charge in [0.2, 0.25) is 5.91 Å². The average molecular weight is 518 g/mol. The monoisotopic (exact) mass is 517 g/mol. The molecule has 0 aliphatic rings. The van der Waals surface area contributed by atoms with Crippen molar-refractivity contribution in [3.8, 4) is 0 Å². The summed E-state index contributed by atoms with van der Waals surface area (Å²) in [6, 6.07) is 6.88. The molecule has 10 heteroatoms. The van der Waals surface area contributed by atoms with Crippen molar-refractivity contribution in [3.63, 3.8) is 0 Å². The number of benzene rings is 1. The van der Waals surface area contributed by atoms with Crippen LogP contribution < -0.4 is 16.4 Å². The lowest BCUT2D eigenvalue weighted by Crippen LogP contribution is -2.54. The van der Waals surface area contributed by atoms with Gasteiger partial charge in [-0.25, -0.2) is 0 Å². The minimum absolute atomic E-state index is 0.271. The van der Waals surface area contributed by atoms with Gasteiger partial charge in [-0.2, -0.15) is 5.10 Å². The van der Waals surface area contributed by atoms with Crippen molar-refractivity contribution < 1.29 is 23.8 Å². The van der Waals surface area contributed by atoms with Gasteiger partial charge in [-0.3, -0.25) is 14.3 Å². The Bertz CT molecular complexity index is 985. The van der Waals surface area contributed by atoms with Crippen molar-refractivity contribution >= 4 is 22.7 Å². The number of amides is 2. The first kappa shape index (κ1) is 30.4. The zero-order valence-corrected chi connectivity index (χ0v) is 22.5. The molecule has 0 unspecified atom stereocenters. The normalized spacial score (nSPS) is 12.4. The molecule has 2 rings (SSSR count). The highest BCUT2D eigenvalue weighted by Gasteiger charge is 2.33. The van der Waals surface area contributed by atoms with E-state index in [4.69, 9.17) is 19.9 Å². The number of aryl methyl sites for hydroxylation is 1. The van der Waals surface area contributed by atoms with E-state index in [-0.39, 0.29) is 11.8 Å². The molecule has 0 fully saturated rings. The summed E-state index contributed by atoms with van der Waals surface area (Å²) < 4.78 is 18.0. The van der Waals surface area contributed by atoms with Crippen LogP contribution in [0.1, 0.15) is 44.1 Å². The fourth-order valence-electron chi connectivity index (χ4n) is 3.70. The largest absolute Gasteiger partial charge is 0.378 e. The second-order valence-corrected chi connectivity index (χ2v) is 9.71. The van der Waals surface area contributed by atoms with Crippen molar-refractivity contribution in [1.29, 1.82) is 0 Å². The number of carbonyl (C=O) groups is 2. The lowest BCUT2D eigenvalue weighted by atomic mass is 9.86. The van der Waals surface area contributed by atoms with Crippen LogP contribution in [0.15, 0.2) is 36.9 Å². The summed E-state index contributed by atoms with van der Waals surface area (Å²) in [5.74, 6) is -0.648.